The Hall–Kier alpha value is -3.27. The van der Waals surface area contributed by atoms with Crippen LogP contribution in [0.1, 0.15) is 18.9 Å². The summed E-state index contributed by atoms with van der Waals surface area (Å²) in [6, 6.07) is 12.7. The lowest BCUT2D eigenvalue weighted by Gasteiger charge is -2.33. The predicted octanol–water partition coefficient (Wildman–Crippen LogP) is 2.17. The molecule has 9 nitrogen and oxygen atoms in total. The number of nitrogens with two attached hydrogens (primary N) is 1. The summed E-state index contributed by atoms with van der Waals surface area (Å²) in [4.78, 5) is 29.4. The van der Waals surface area contributed by atoms with Gasteiger partial charge < -0.3 is 25.6 Å². The molecule has 2 heterocycles. The number of carbonyl (C=O) groups is 2. The first-order valence-corrected chi connectivity index (χ1v) is 12.1. The second-order valence-electron chi connectivity index (χ2n) is 8.97. The van der Waals surface area contributed by atoms with Gasteiger partial charge in [0.15, 0.2) is 0 Å². The van der Waals surface area contributed by atoms with Crippen molar-refractivity contribution in [3.05, 3.63) is 54.2 Å². The van der Waals surface area contributed by atoms with Crippen LogP contribution in [0.2, 0.25) is 0 Å². The van der Waals surface area contributed by atoms with Gasteiger partial charge in [-0.15, -0.1) is 0 Å². The summed E-state index contributed by atoms with van der Waals surface area (Å²) < 4.78 is 7.10. The molecule has 1 amide bonds. The van der Waals surface area contributed by atoms with Gasteiger partial charge in [-0.05, 0) is 49.4 Å². The van der Waals surface area contributed by atoms with E-state index in [1.54, 1.807) is 12.3 Å². The number of aryl methyl sites for hydroxylation is 1. The minimum Gasteiger partial charge on any atom is -0.463 e. The molecule has 0 bridgehead atoms. The van der Waals surface area contributed by atoms with E-state index in [2.05, 4.69) is 27.1 Å². The van der Waals surface area contributed by atoms with Crippen LogP contribution in [-0.4, -0.2) is 83.4 Å². The summed E-state index contributed by atoms with van der Waals surface area (Å²) in [6.45, 7) is 9.70. The smallest absolute Gasteiger partial charge is 0.307 e. The van der Waals surface area contributed by atoms with Gasteiger partial charge >= 0.3 is 5.97 Å². The number of hydrogen-bond acceptors (Lipinski definition) is 7. The summed E-state index contributed by atoms with van der Waals surface area (Å²) in [5, 5.41) is 8.26. The number of aromatic nitrogens is 2. The van der Waals surface area contributed by atoms with Crippen LogP contribution in [-0.2, 0) is 14.3 Å². The van der Waals surface area contributed by atoms with E-state index in [0.29, 0.717) is 18.7 Å². The predicted molar refractivity (Wildman–Crippen MR) is 137 cm³/mol. The molecule has 3 N–H and O–H groups in total. The van der Waals surface area contributed by atoms with Gasteiger partial charge in [-0.1, -0.05) is 19.1 Å². The Kier molecular flexibility index (Phi) is 8.12. The third-order valence-corrected chi connectivity index (χ3v) is 6.39. The Balaban J connectivity index is 1.27. The van der Waals surface area contributed by atoms with Crippen molar-refractivity contribution in [1.82, 2.24) is 19.6 Å². The molecule has 3 aromatic rings. The normalized spacial score (nSPS) is 15.7. The van der Waals surface area contributed by atoms with E-state index in [1.165, 1.54) is 0 Å². The Morgan fingerprint density at radius 1 is 1.11 bits per heavy atom. The Labute approximate surface area is 205 Å². The standard InChI is InChI=1S/C26H34N6O3/c1-3-30-11-13-31(14-12-30)10-9-25(33)35-18-23(27)26(34)29-21-8-7-20-17-28-32(24(20)16-21)22-6-4-5-19(2)15-22/h4-8,15-17,23H,3,9-14,18,27H2,1-2H3,(H,29,34)/t23-/m0/s1. The van der Waals surface area contributed by atoms with Crippen molar-refractivity contribution in [2.24, 2.45) is 5.73 Å². The molecule has 2 aromatic carbocycles. The van der Waals surface area contributed by atoms with Crippen molar-refractivity contribution < 1.29 is 14.3 Å². The molecule has 0 radical (unpaired) electrons. The number of piperazine rings is 1. The number of hydrogen-bond donors (Lipinski definition) is 2. The number of carbonyl (C=O) groups excluding carboxylic acids is 2. The lowest BCUT2D eigenvalue weighted by Crippen LogP contribution is -2.46. The first-order valence-electron chi connectivity index (χ1n) is 12.1. The van der Waals surface area contributed by atoms with Crippen LogP contribution >= 0.6 is 0 Å². The maximum absolute atomic E-state index is 12.6. The second-order valence-corrected chi connectivity index (χ2v) is 8.97. The zero-order valence-electron chi connectivity index (χ0n) is 20.4. The van der Waals surface area contributed by atoms with E-state index < -0.39 is 11.9 Å². The maximum atomic E-state index is 12.6. The summed E-state index contributed by atoms with van der Waals surface area (Å²) in [5.41, 5.74) is 9.54. The fourth-order valence-corrected chi connectivity index (χ4v) is 4.21. The van der Waals surface area contributed by atoms with Crippen molar-refractivity contribution in [2.75, 3.05) is 51.2 Å². The van der Waals surface area contributed by atoms with Crippen molar-refractivity contribution in [2.45, 2.75) is 26.3 Å². The van der Waals surface area contributed by atoms with Crippen LogP contribution in [0.25, 0.3) is 16.6 Å². The molecule has 1 atom stereocenters. The van der Waals surface area contributed by atoms with Gasteiger partial charge in [0.25, 0.3) is 0 Å². The first kappa shape index (κ1) is 24.8. The van der Waals surface area contributed by atoms with Crippen LogP contribution in [0.15, 0.2) is 48.7 Å². The van der Waals surface area contributed by atoms with Gasteiger partial charge in [-0.3, -0.25) is 9.59 Å². The quantitative estimate of drug-likeness (QED) is 0.454. The number of ether oxygens (including phenoxy) is 1. The highest BCUT2D eigenvalue weighted by Crippen LogP contribution is 2.22. The summed E-state index contributed by atoms with van der Waals surface area (Å²) >= 11 is 0. The number of amides is 1. The number of likely N-dealkylation sites (N-methyl/N-ethyl adjacent to an activating group) is 1. The number of nitrogens with zero attached hydrogens (tertiary/aromatic N) is 4. The van der Waals surface area contributed by atoms with E-state index >= 15 is 0 Å². The fraction of sp³-hybridized carbons (Fsp3) is 0.423. The van der Waals surface area contributed by atoms with Gasteiger partial charge in [0.1, 0.15) is 12.6 Å². The molecule has 0 unspecified atom stereocenters. The average molecular weight is 479 g/mol. The van der Waals surface area contributed by atoms with E-state index in [0.717, 1.165) is 54.9 Å². The number of nitrogens with one attached hydrogen (secondary N) is 1. The minimum absolute atomic E-state index is 0.155. The molecule has 1 aliphatic heterocycles. The van der Waals surface area contributed by atoms with Crippen LogP contribution in [0, 0.1) is 6.92 Å². The fourth-order valence-electron chi connectivity index (χ4n) is 4.21. The van der Waals surface area contributed by atoms with Gasteiger partial charge in [-0.2, -0.15) is 5.10 Å². The maximum Gasteiger partial charge on any atom is 0.307 e. The molecule has 0 saturated carbocycles. The topological polar surface area (TPSA) is 106 Å². The Morgan fingerprint density at radius 2 is 1.89 bits per heavy atom. The molecule has 0 spiro atoms. The molecule has 1 aromatic heterocycles. The number of fused-ring (bicyclic) bond motifs is 1. The molecule has 35 heavy (non-hydrogen) atoms. The zero-order chi connectivity index (χ0) is 24.8. The number of benzene rings is 2. The van der Waals surface area contributed by atoms with E-state index in [4.69, 9.17) is 10.5 Å². The van der Waals surface area contributed by atoms with Gasteiger partial charge in [-0.25, -0.2) is 4.68 Å². The van der Waals surface area contributed by atoms with Crippen LogP contribution < -0.4 is 11.1 Å². The molecule has 186 valence electrons. The third kappa shape index (κ3) is 6.45. The van der Waals surface area contributed by atoms with Crippen molar-refractivity contribution in [3.63, 3.8) is 0 Å². The van der Waals surface area contributed by atoms with Crippen LogP contribution in [0.3, 0.4) is 0 Å². The molecule has 4 rings (SSSR count). The second kappa shape index (κ2) is 11.4. The Morgan fingerprint density at radius 3 is 2.63 bits per heavy atom. The van der Waals surface area contributed by atoms with Crippen molar-refractivity contribution >= 4 is 28.5 Å². The molecular weight excluding hydrogens is 444 g/mol. The van der Waals surface area contributed by atoms with E-state index in [1.807, 2.05) is 48.0 Å². The SMILES string of the molecule is CCN1CCN(CCC(=O)OC[C@H](N)C(=O)Nc2ccc3cnn(-c4cccc(C)c4)c3c2)CC1. The minimum atomic E-state index is -0.954. The number of anilines is 1. The highest BCUT2D eigenvalue weighted by atomic mass is 16.5. The summed E-state index contributed by atoms with van der Waals surface area (Å²) in [7, 11) is 0. The molecule has 0 aliphatic carbocycles. The van der Waals surface area contributed by atoms with Gasteiger partial charge in [0, 0.05) is 43.8 Å². The molecule has 1 saturated heterocycles. The van der Waals surface area contributed by atoms with E-state index in [9.17, 15) is 9.59 Å². The zero-order valence-corrected chi connectivity index (χ0v) is 20.4. The van der Waals surface area contributed by atoms with E-state index in [-0.39, 0.29) is 12.6 Å². The average Bonchev–Trinajstić information content (AvgIpc) is 3.29. The molecule has 1 fully saturated rings. The molecule has 9 heteroatoms. The van der Waals surface area contributed by atoms with Gasteiger partial charge in [0.05, 0.1) is 23.8 Å². The van der Waals surface area contributed by atoms with Gasteiger partial charge in [0.2, 0.25) is 5.91 Å². The van der Waals surface area contributed by atoms with Crippen molar-refractivity contribution in [1.29, 1.82) is 0 Å². The van der Waals surface area contributed by atoms with Crippen molar-refractivity contribution in [3.8, 4) is 5.69 Å². The number of esters is 1. The van der Waals surface area contributed by atoms with Crippen LogP contribution in [0.4, 0.5) is 5.69 Å². The first-order chi connectivity index (χ1) is 16.9. The monoisotopic (exact) mass is 478 g/mol. The molecular formula is C26H34N6O3. The number of rotatable bonds is 9. The largest absolute Gasteiger partial charge is 0.463 e. The summed E-state index contributed by atoms with van der Waals surface area (Å²) in [5.74, 6) is -0.746. The third-order valence-electron chi connectivity index (χ3n) is 6.39. The molecule has 1 aliphatic rings. The Bertz CT molecular complexity index is 1170. The lowest BCUT2D eigenvalue weighted by atomic mass is 10.2. The highest BCUT2D eigenvalue weighted by molar-refractivity contribution is 5.97. The van der Waals surface area contributed by atoms with Crippen LogP contribution in [0.5, 0.6) is 0 Å². The summed E-state index contributed by atoms with van der Waals surface area (Å²) in [6.07, 6.45) is 2.08. The highest BCUT2D eigenvalue weighted by Gasteiger charge is 2.19. The lowest BCUT2D eigenvalue weighted by molar-refractivity contribution is -0.145.